The normalized spacial score (nSPS) is 18.3. The van der Waals surface area contributed by atoms with Crippen molar-refractivity contribution in [2.45, 2.75) is 26.7 Å². The number of carbonyl (C=O) groups is 1. The van der Waals surface area contributed by atoms with Crippen LogP contribution in [0, 0.1) is 5.41 Å². The molecule has 88 valence electrons. The van der Waals surface area contributed by atoms with Crippen LogP contribution in [0.1, 0.15) is 26.7 Å². The maximum Gasteiger partial charge on any atom is 0.224 e. The van der Waals surface area contributed by atoms with Gasteiger partial charge in [0, 0.05) is 19.6 Å². The molecule has 0 bridgehead atoms. The predicted octanol–water partition coefficient (Wildman–Crippen LogP) is 0.183. The van der Waals surface area contributed by atoms with Gasteiger partial charge in [-0.05, 0) is 39.8 Å². The van der Waals surface area contributed by atoms with Crippen LogP contribution in [-0.2, 0) is 4.79 Å². The number of nitrogens with two attached hydrogens (primary N) is 1. The largest absolute Gasteiger partial charge is 0.369 e. The van der Waals surface area contributed by atoms with Gasteiger partial charge in [-0.3, -0.25) is 4.79 Å². The van der Waals surface area contributed by atoms with Crippen LogP contribution in [0.2, 0.25) is 0 Å². The Bertz CT molecular complexity index is 210. The smallest absolute Gasteiger partial charge is 0.224 e. The lowest BCUT2D eigenvalue weighted by Crippen LogP contribution is -2.42. The topological polar surface area (TPSA) is 58.4 Å². The minimum absolute atomic E-state index is 0.240. The van der Waals surface area contributed by atoms with Crippen LogP contribution in [0.5, 0.6) is 0 Å². The van der Waals surface area contributed by atoms with E-state index in [9.17, 15) is 4.79 Å². The first-order valence-electron chi connectivity index (χ1n) is 5.75. The molecule has 0 spiro atoms. The zero-order chi connectivity index (χ0) is 11.3. The summed E-state index contributed by atoms with van der Waals surface area (Å²) in [6.45, 7) is 8.87. The van der Waals surface area contributed by atoms with Gasteiger partial charge in [-0.1, -0.05) is 0 Å². The van der Waals surface area contributed by atoms with E-state index in [1.807, 2.05) is 13.8 Å². The van der Waals surface area contributed by atoms with Crippen molar-refractivity contribution in [3.05, 3.63) is 0 Å². The molecular formula is C11H23N3O. The van der Waals surface area contributed by atoms with Crippen LogP contribution in [0.3, 0.4) is 0 Å². The van der Waals surface area contributed by atoms with Crippen LogP contribution in [-0.4, -0.2) is 43.5 Å². The summed E-state index contributed by atoms with van der Waals surface area (Å²) in [5, 5.41) is 3.29. The summed E-state index contributed by atoms with van der Waals surface area (Å²) in [5.74, 6) is -0.240. The fourth-order valence-corrected chi connectivity index (χ4v) is 1.73. The molecule has 1 heterocycles. The molecule has 4 heteroatoms. The van der Waals surface area contributed by atoms with E-state index in [2.05, 4.69) is 10.2 Å². The second-order valence-electron chi connectivity index (χ2n) is 4.97. The minimum Gasteiger partial charge on any atom is -0.369 e. The molecule has 1 rings (SSSR count). The zero-order valence-corrected chi connectivity index (χ0v) is 9.88. The van der Waals surface area contributed by atoms with Crippen molar-refractivity contribution >= 4 is 5.91 Å². The Morgan fingerprint density at radius 3 is 2.53 bits per heavy atom. The summed E-state index contributed by atoms with van der Waals surface area (Å²) < 4.78 is 0. The Labute approximate surface area is 92.2 Å². The molecule has 0 unspecified atom stereocenters. The lowest BCUT2D eigenvalue weighted by molar-refractivity contribution is -0.125. The van der Waals surface area contributed by atoms with E-state index < -0.39 is 5.41 Å². The van der Waals surface area contributed by atoms with Gasteiger partial charge in [0.05, 0.1) is 5.41 Å². The van der Waals surface area contributed by atoms with Gasteiger partial charge < -0.3 is 16.0 Å². The Morgan fingerprint density at radius 1 is 1.40 bits per heavy atom. The summed E-state index contributed by atoms with van der Waals surface area (Å²) in [5.41, 5.74) is 4.85. The van der Waals surface area contributed by atoms with Gasteiger partial charge in [-0.15, -0.1) is 0 Å². The third kappa shape index (κ3) is 4.18. The molecular weight excluding hydrogens is 190 g/mol. The first-order chi connectivity index (χ1) is 7.02. The molecule has 0 aliphatic carbocycles. The molecule has 0 saturated carbocycles. The van der Waals surface area contributed by atoms with E-state index >= 15 is 0 Å². The number of nitrogens with one attached hydrogen (secondary N) is 1. The first-order valence-corrected chi connectivity index (χ1v) is 5.75. The molecule has 0 aromatic rings. The second-order valence-corrected chi connectivity index (χ2v) is 4.97. The molecule has 1 amide bonds. The molecule has 0 radical (unpaired) electrons. The first kappa shape index (κ1) is 12.5. The van der Waals surface area contributed by atoms with Crippen LogP contribution >= 0.6 is 0 Å². The third-order valence-electron chi connectivity index (χ3n) is 3.04. The third-order valence-corrected chi connectivity index (χ3v) is 3.04. The summed E-state index contributed by atoms with van der Waals surface area (Å²) in [6, 6.07) is 0. The summed E-state index contributed by atoms with van der Waals surface area (Å²) in [6.07, 6.45) is 2.65. The highest BCUT2D eigenvalue weighted by Crippen LogP contribution is 2.11. The van der Waals surface area contributed by atoms with Crippen LogP contribution < -0.4 is 11.1 Å². The monoisotopic (exact) mass is 213 g/mol. The van der Waals surface area contributed by atoms with Crippen molar-refractivity contribution < 1.29 is 4.79 Å². The van der Waals surface area contributed by atoms with E-state index in [4.69, 9.17) is 5.73 Å². The van der Waals surface area contributed by atoms with Gasteiger partial charge >= 0.3 is 0 Å². The second kappa shape index (κ2) is 5.47. The Kier molecular flexibility index (Phi) is 4.54. The van der Waals surface area contributed by atoms with Gasteiger partial charge in [0.2, 0.25) is 5.91 Å². The average molecular weight is 213 g/mol. The summed E-state index contributed by atoms with van der Waals surface area (Å²) in [4.78, 5) is 13.5. The SMILES string of the molecule is CC(C)(CNCCN1CCCC1)C(N)=O. The fraction of sp³-hybridized carbons (Fsp3) is 0.909. The van der Waals surface area contributed by atoms with Gasteiger partial charge in [0.15, 0.2) is 0 Å². The van der Waals surface area contributed by atoms with Crippen LogP contribution in [0.15, 0.2) is 0 Å². The lowest BCUT2D eigenvalue weighted by atomic mass is 9.93. The number of nitrogens with zero attached hydrogens (tertiary/aromatic N) is 1. The van der Waals surface area contributed by atoms with E-state index in [1.54, 1.807) is 0 Å². The molecule has 0 aromatic carbocycles. The van der Waals surface area contributed by atoms with Crippen molar-refractivity contribution in [3.8, 4) is 0 Å². The maximum atomic E-state index is 11.0. The molecule has 0 atom stereocenters. The molecule has 3 N–H and O–H groups in total. The van der Waals surface area contributed by atoms with Crippen molar-refractivity contribution in [1.29, 1.82) is 0 Å². The highest BCUT2D eigenvalue weighted by atomic mass is 16.1. The Hall–Kier alpha value is -0.610. The van der Waals surface area contributed by atoms with Crippen molar-refractivity contribution in [3.63, 3.8) is 0 Å². The minimum atomic E-state index is -0.439. The highest BCUT2D eigenvalue weighted by molar-refractivity contribution is 5.80. The standard InChI is InChI=1S/C11H23N3O/c1-11(2,10(12)15)9-13-5-8-14-6-3-4-7-14/h13H,3-9H2,1-2H3,(H2,12,15). The fourth-order valence-electron chi connectivity index (χ4n) is 1.73. The molecule has 0 aromatic heterocycles. The molecule has 1 aliphatic rings. The van der Waals surface area contributed by atoms with Gasteiger partial charge in [0.25, 0.3) is 0 Å². The summed E-state index contributed by atoms with van der Waals surface area (Å²) >= 11 is 0. The van der Waals surface area contributed by atoms with Crippen molar-refractivity contribution in [2.75, 3.05) is 32.7 Å². The number of hydrogen-bond acceptors (Lipinski definition) is 3. The van der Waals surface area contributed by atoms with E-state index in [0.717, 1.165) is 13.1 Å². The molecule has 15 heavy (non-hydrogen) atoms. The van der Waals surface area contributed by atoms with E-state index in [0.29, 0.717) is 6.54 Å². The number of primary amides is 1. The van der Waals surface area contributed by atoms with Gasteiger partial charge in [-0.2, -0.15) is 0 Å². The number of rotatable bonds is 6. The maximum absolute atomic E-state index is 11.0. The van der Waals surface area contributed by atoms with Crippen molar-refractivity contribution in [2.24, 2.45) is 11.1 Å². The number of hydrogen-bond donors (Lipinski definition) is 2. The lowest BCUT2D eigenvalue weighted by Gasteiger charge is -2.22. The Balaban J connectivity index is 2.08. The number of amides is 1. The number of likely N-dealkylation sites (tertiary alicyclic amines) is 1. The van der Waals surface area contributed by atoms with Crippen LogP contribution in [0.25, 0.3) is 0 Å². The van der Waals surface area contributed by atoms with E-state index in [1.165, 1.54) is 25.9 Å². The quantitative estimate of drug-likeness (QED) is 0.619. The molecule has 4 nitrogen and oxygen atoms in total. The average Bonchev–Trinajstić information content (AvgIpc) is 2.64. The van der Waals surface area contributed by atoms with Gasteiger partial charge in [0.1, 0.15) is 0 Å². The highest BCUT2D eigenvalue weighted by Gasteiger charge is 2.24. The Morgan fingerprint density at radius 2 is 2.00 bits per heavy atom. The zero-order valence-electron chi connectivity index (χ0n) is 9.88. The predicted molar refractivity (Wildman–Crippen MR) is 61.5 cm³/mol. The van der Waals surface area contributed by atoms with Crippen molar-refractivity contribution in [1.82, 2.24) is 10.2 Å². The molecule has 1 fully saturated rings. The molecule has 1 saturated heterocycles. The van der Waals surface area contributed by atoms with Gasteiger partial charge in [-0.25, -0.2) is 0 Å². The van der Waals surface area contributed by atoms with Crippen LogP contribution in [0.4, 0.5) is 0 Å². The molecule has 1 aliphatic heterocycles. The van der Waals surface area contributed by atoms with E-state index in [-0.39, 0.29) is 5.91 Å². The number of carbonyl (C=O) groups excluding carboxylic acids is 1. The summed E-state index contributed by atoms with van der Waals surface area (Å²) in [7, 11) is 0.